The molecule has 0 N–H and O–H groups in total. The van der Waals surface area contributed by atoms with Gasteiger partial charge in [-0.3, -0.25) is 9.78 Å². The van der Waals surface area contributed by atoms with E-state index in [0.29, 0.717) is 13.0 Å². The molecular formula is C21H26N4O. The maximum absolute atomic E-state index is 12.5. The summed E-state index contributed by atoms with van der Waals surface area (Å²) in [5.41, 5.74) is 2.53. The summed E-state index contributed by atoms with van der Waals surface area (Å²) < 4.78 is 0. The highest BCUT2D eigenvalue weighted by Gasteiger charge is 2.42. The molecule has 2 saturated heterocycles. The van der Waals surface area contributed by atoms with Gasteiger partial charge in [-0.05, 0) is 55.5 Å². The van der Waals surface area contributed by atoms with Gasteiger partial charge in [0.05, 0.1) is 0 Å². The van der Waals surface area contributed by atoms with Gasteiger partial charge in [-0.25, -0.2) is 4.98 Å². The van der Waals surface area contributed by atoms with E-state index < -0.39 is 0 Å². The Bertz CT molecular complexity index is 779. The van der Waals surface area contributed by atoms with E-state index in [9.17, 15) is 4.79 Å². The molecule has 4 heterocycles. The summed E-state index contributed by atoms with van der Waals surface area (Å²) in [6.07, 6.45) is 9.50. The summed E-state index contributed by atoms with van der Waals surface area (Å²) in [6, 6.07) is 8.19. The molecule has 5 heteroatoms. The molecule has 2 aromatic heterocycles. The van der Waals surface area contributed by atoms with Gasteiger partial charge >= 0.3 is 0 Å². The standard InChI is InChI=1S/C21H26N4O/c1-17-6-10-23-19(12-17)24-11-3-7-21(15-24)8-5-20(26)25(16-21)14-18-4-2-9-22-13-18/h2,4,6,9-10,12-13H,3,5,7-8,11,14-16H2,1H3/t21-/m0/s1. The maximum Gasteiger partial charge on any atom is 0.222 e. The van der Waals surface area contributed by atoms with E-state index in [1.807, 2.05) is 35.5 Å². The van der Waals surface area contributed by atoms with Gasteiger partial charge in [0.1, 0.15) is 5.82 Å². The first kappa shape index (κ1) is 17.0. The fourth-order valence-corrected chi connectivity index (χ4v) is 4.39. The Morgan fingerprint density at radius 2 is 2.12 bits per heavy atom. The summed E-state index contributed by atoms with van der Waals surface area (Å²) in [5, 5.41) is 0. The van der Waals surface area contributed by atoms with Crippen molar-refractivity contribution in [2.45, 2.75) is 39.2 Å². The van der Waals surface area contributed by atoms with E-state index in [4.69, 9.17) is 0 Å². The van der Waals surface area contributed by atoms with Crippen molar-refractivity contribution < 1.29 is 4.79 Å². The summed E-state index contributed by atoms with van der Waals surface area (Å²) in [4.78, 5) is 25.7. The molecule has 2 fully saturated rings. The third-order valence-electron chi connectivity index (χ3n) is 5.73. The fraction of sp³-hybridized carbons (Fsp3) is 0.476. The van der Waals surface area contributed by atoms with Gasteiger partial charge in [-0.1, -0.05) is 6.07 Å². The number of pyridine rings is 2. The second kappa shape index (κ2) is 7.06. The van der Waals surface area contributed by atoms with Crippen LogP contribution in [0.4, 0.5) is 5.82 Å². The van der Waals surface area contributed by atoms with Crippen molar-refractivity contribution in [3.05, 3.63) is 54.0 Å². The van der Waals surface area contributed by atoms with Gasteiger partial charge in [0, 0.05) is 56.6 Å². The highest BCUT2D eigenvalue weighted by atomic mass is 16.2. The number of piperidine rings is 2. The quantitative estimate of drug-likeness (QED) is 0.853. The van der Waals surface area contributed by atoms with E-state index in [0.717, 1.165) is 43.9 Å². The van der Waals surface area contributed by atoms with Crippen LogP contribution in [-0.2, 0) is 11.3 Å². The molecule has 136 valence electrons. The summed E-state index contributed by atoms with van der Waals surface area (Å²) in [7, 11) is 0. The van der Waals surface area contributed by atoms with Crippen LogP contribution in [0.2, 0.25) is 0 Å². The van der Waals surface area contributed by atoms with Crippen LogP contribution < -0.4 is 4.90 Å². The number of likely N-dealkylation sites (tertiary alicyclic amines) is 1. The molecule has 0 saturated carbocycles. The van der Waals surface area contributed by atoms with Crippen molar-refractivity contribution in [2.75, 3.05) is 24.5 Å². The smallest absolute Gasteiger partial charge is 0.222 e. The van der Waals surface area contributed by atoms with Crippen molar-refractivity contribution in [1.29, 1.82) is 0 Å². The lowest BCUT2D eigenvalue weighted by Crippen LogP contribution is -2.54. The van der Waals surface area contributed by atoms with Gasteiger partial charge in [-0.15, -0.1) is 0 Å². The van der Waals surface area contributed by atoms with Crippen LogP contribution in [0.15, 0.2) is 42.9 Å². The molecule has 1 amide bonds. The highest BCUT2D eigenvalue weighted by molar-refractivity contribution is 5.77. The normalized spacial score (nSPS) is 23.5. The third kappa shape index (κ3) is 3.57. The lowest BCUT2D eigenvalue weighted by Gasteiger charge is -2.48. The Kier molecular flexibility index (Phi) is 4.62. The molecule has 0 bridgehead atoms. The van der Waals surface area contributed by atoms with E-state index >= 15 is 0 Å². The van der Waals surface area contributed by atoms with Crippen molar-refractivity contribution in [1.82, 2.24) is 14.9 Å². The van der Waals surface area contributed by atoms with Gasteiger partial charge < -0.3 is 9.80 Å². The zero-order valence-electron chi connectivity index (χ0n) is 15.4. The van der Waals surface area contributed by atoms with Gasteiger partial charge in [-0.2, -0.15) is 0 Å². The Morgan fingerprint density at radius 3 is 2.92 bits per heavy atom. The predicted molar refractivity (Wildman–Crippen MR) is 102 cm³/mol. The van der Waals surface area contributed by atoms with Gasteiger partial charge in [0.15, 0.2) is 0 Å². The lowest BCUT2D eigenvalue weighted by molar-refractivity contribution is -0.138. The Hall–Kier alpha value is -2.43. The number of rotatable bonds is 3. The van der Waals surface area contributed by atoms with E-state index in [1.54, 1.807) is 6.20 Å². The molecule has 0 aliphatic carbocycles. The Labute approximate surface area is 155 Å². The van der Waals surface area contributed by atoms with Crippen LogP contribution in [-0.4, -0.2) is 40.4 Å². The molecule has 2 aliphatic heterocycles. The average molecular weight is 350 g/mol. The first-order valence-corrected chi connectivity index (χ1v) is 9.48. The number of nitrogens with zero attached hydrogens (tertiary/aromatic N) is 4. The summed E-state index contributed by atoms with van der Waals surface area (Å²) >= 11 is 0. The first-order chi connectivity index (χ1) is 12.6. The minimum Gasteiger partial charge on any atom is -0.356 e. The Morgan fingerprint density at radius 1 is 1.19 bits per heavy atom. The van der Waals surface area contributed by atoms with Crippen LogP contribution in [0.5, 0.6) is 0 Å². The SMILES string of the molecule is Cc1ccnc(N2CCC[C@]3(CCC(=O)N(Cc4cccnc4)C3)C2)c1. The maximum atomic E-state index is 12.5. The van der Waals surface area contributed by atoms with E-state index in [-0.39, 0.29) is 11.3 Å². The molecule has 5 nitrogen and oxygen atoms in total. The number of amides is 1. The Balaban J connectivity index is 1.51. The van der Waals surface area contributed by atoms with Crippen molar-refractivity contribution in [2.24, 2.45) is 5.41 Å². The number of hydrogen-bond donors (Lipinski definition) is 0. The number of aromatic nitrogens is 2. The molecule has 26 heavy (non-hydrogen) atoms. The second-order valence-corrected chi connectivity index (χ2v) is 7.83. The molecule has 2 aliphatic rings. The second-order valence-electron chi connectivity index (χ2n) is 7.83. The molecule has 2 aromatic rings. The summed E-state index contributed by atoms with van der Waals surface area (Å²) in [6.45, 7) is 5.65. The third-order valence-corrected chi connectivity index (χ3v) is 5.73. The number of carbonyl (C=O) groups excluding carboxylic acids is 1. The number of carbonyl (C=O) groups is 1. The minimum absolute atomic E-state index is 0.180. The zero-order valence-corrected chi connectivity index (χ0v) is 15.4. The predicted octanol–water partition coefficient (Wildman–Crippen LogP) is 3.19. The highest BCUT2D eigenvalue weighted by Crippen LogP contribution is 2.40. The molecular weight excluding hydrogens is 324 g/mol. The van der Waals surface area contributed by atoms with Crippen molar-refractivity contribution >= 4 is 11.7 Å². The molecule has 1 atom stereocenters. The van der Waals surface area contributed by atoms with Crippen LogP contribution in [0, 0.1) is 12.3 Å². The van der Waals surface area contributed by atoms with Crippen molar-refractivity contribution in [3.63, 3.8) is 0 Å². The van der Waals surface area contributed by atoms with Gasteiger partial charge in [0.25, 0.3) is 0 Å². The number of aryl methyl sites for hydroxylation is 1. The van der Waals surface area contributed by atoms with Crippen LogP contribution in [0.25, 0.3) is 0 Å². The fourth-order valence-electron chi connectivity index (χ4n) is 4.39. The molecule has 0 unspecified atom stereocenters. The molecule has 1 spiro atoms. The first-order valence-electron chi connectivity index (χ1n) is 9.48. The number of anilines is 1. The lowest BCUT2D eigenvalue weighted by atomic mass is 9.73. The van der Waals surface area contributed by atoms with E-state index in [1.165, 1.54) is 12.0 Å². The molecule has 0 radical (unpaired) electrons. The number of hydrogen-bond acceptors (Lipinski definition) is 4. The zero-order chi connectivity index (χ0) is 18.0. The molecule has 4 rings (SSSR count). The van der Waals surface area contributed by atoms with E-state index in [2.05, 4.69) is 27.9 Å². The van der Waals surface area contributed by atoms with Crippen LogP contribution in [0.3, 0.4) is 0 Å². The molecule has 0 aromatic carbocycles. The minimum atomic E-state index is 0.180. The average Bonchev–Trinajstić information content (AvgIpc) is 2.66. The topological polar surface area (TPSA) is 49.3 Å². The summed E-state index contributed by atoms with van der Waals surface area (Å²) in [5.74, 6) is 1.34. The van der Waals surface area contributed by atoms with Crippen LogP contribution >= 0.6 is 0 Å². The monoisotopic (exact) mass is 350 g/mol. The van der Waals surface area contributed by atoms with Gasteiger partial charge in [0.2, 0.25) is 5.91 Å². The largest absolute Gasteiger partial charge is 0.356 e. The van der Waals surface area contributed by atoms with Crippen LogP contribution in [0.1, 0.15) is 36.8 Å². The van der Waals surface area contributed by atoms with Crippen molar-refractivity contribution in [3.8, 4) is 0 Å².